The largest absolute Gasteiger partial charge is 0.496 e. The van der Waals surface area contributed by atoms with Gasteiger partial charge in [0.05, 0.1) is 26.2 Å². The molecule has 2 aliphatic rings. The molecule has 7 heteroatoms. The molecule has 7 nitrogen and oxygen atoms in total. The quantitative estimate of drug-likeness (QED) is 0.626. The number of para-hydroxylation sites is 2. The summed E-state index contributed by atoms with van der Waals surface area (Å²) in [7, 11) is 1.65. The number of fused-ring (bicyclic) bond motifs is 1. The fourth-order valence-electron chi connectivity index (χ4n) is 4.64. The van der Waals surface area contributed by atoms with Gasteiger partial charge in [-0.15, -0.1) is 0 Å². The van der Waals surface area contributed by atoms with Crippen LogP contribution in [0.2, 0.25) is 0 Å². The molecule has 2 aromatic rings. The normalized spacial score (nSPS) is 20.8. The lowest BCUT2D eigenvalue weighted by Gasteiger charge is -2.33. The lowest BCUT2D eigenvalue weighted by atomic mass is 9.98. The molecule has 0 spiro atoms. The number of esters is 1. The third kappa shape index (κ3) is 5.47. The number of hydrogen-bond donors (Lipinski definition) is 0. The van der Waals surface area contributed by atoms with E-state index in [0.717, 1.165) is 35.5 Å². The Morgan fingerprint density at radius 1 is 1.09 bits per heavy atom. The molecule has 1 fully saturated rings. The molecule has 2 atom stereocenters. The molecular weight excluding hydrogens is 420 g/mol. The molecule has 2 aliphatic heterocycles. The van der Waals surface area contributed by atoms with Gasteiger partial charge in [-0.05, 0) is 31.9 Å². The van der Waals surface area contributed by atoms with E-state index in [1.165, 1.54) is 0 Å². The van der Waals surface area contributed by atoms with E-state index < -0.39 is 0 Å². The van der Waals surface area contributed by atoms with Gasteiger partial charge >= 0.3 is 5.97 Å². The van der Waals surface area contributed by atoms with Gasteiger partial charge in [-0.1, -0.05) is 36.4 Å². The Morgan fingerprint density at radius 2 is 1.88 bits per heavy atom. The van der Waals surface area contributed by atoms with Crippen LogP contribution in [0.1, 0.15) is 37.0 Å². The van der Waals surface area contributed by atoms with Crippen molar-refractivity contribution in [3.05, 3.63) is 59.7 Å². The molecule has 0 bridgehead atoms. The lowest BCUT2D eigenvalue weighted by Crippen LogP contribution is -2.47. The van der Waals surface area contributed by atoms with Gasteiger partial charge in [0.1, 0.15) is 17.6 Å². The fraction of sp³-hybridized carbons (Fsp3) is 0.462. The van der Waals surface area contributed by atoms with Gasteiger partial charge in [0, 0.05) is 37.3 Å². The minimum absolute atomic E-state index is 0.0298. The van der Waals surface area contributed by atoms with Crippen molar-refractivity contribution < 1.29 is 23.8 Å². The van der Waals surface area contributed by atoms with E-state index in [2.05, 4.69) is 4.90 Å². The van der Waals surface area contributed by atoms with Crippen molar-refractivity contribution in [3.63, 3.8) is 0 Å². The maximum atomic E-state index is 13.2. The molecule has 2 aromatic carbocycles. The Kier molecular flexibility index (Phi) is 7.50. The number of hydrogen-bond acceptors (Lipinski definition) is 6. The molecular formula is C26H32N2O5. The number of methoxy groups -OCH3 is 1. The van der Waals surface area contributed by atoms with E-state index in [1.807, 2.05) is 48.5 Å². The summed E-state index contributed by atoms with van der Waals surface area (Å²) in [4.78, 5) is 29.4. The van der Waals surface area contributed by atoms with Crippen LogP contribution in [0.4, 0.5) is 0 Å². The molecule has 33 heavy (non-hydrogen) atoms. The molecule has 0 N–H and O–H groups in total. The van der Waals surface area contributed by atoms with Gasteiger partial charge in [0.15, 0.2) is 0 Å². The average molecular weight is 453 g/mol. The Hall–Kier alpha value is -3.06. The molecule has 1 saturated heterocycles. The van der Waals surface area contributed by atoms with Crippen LogP contribution < -0.4 is 9.47 Å². The third-order valence-electron chi connectivity index (χ3n) is 6.30. The molecule has 176 valence electrons. The van der Waals surface area contributed by atoms with Gasteiger partial charge in [0.2, 0.25) is 5.91 Å². The standard InChI is InChI=1S/C26H32N2O5/c1-3-32-26(30)20-10-8-14-28(16-20)25(29)18-27-15-19-9-4-6-12-22(19)33-24(17-27)21-11-5-7-13-23(21)31-2/h4-7,9,11-13,20,24H,3,8,10,14-18H2,1-2H3/t20-,24+/m0/s1. The monoisotopic (exact) mass is 452 g/mol. The van der Waals surface area contributed by atoms with Gasteiger partial charge in [-0.3, -0.25) is 14.5 Å². The first-order valence-electron chi connectivity index (χ1n) is 11.6. The van der Waals surface area contributed by atoms with Crippen LogP contribution in [0.15, 0.2) is 48.5 Å². The summed E-state index contributed by atoms with van der Waals surface area (Å²) in [6.45, 7) is 4.69. The highest BCUT2D eigenvalue weighted by Crippen LogP contribution is 2.34. The Balaban J connectivity index is 1.51. The number of ether oxygens (including phenoxy) is 3. The van der Waals surface area contributed by atoms with Gasteiger partial charge in [-0.2, -0.15) is 0 Å². The van der Waals surface area contributed by atoms with Crippen molar-refractivity contribution in [2.24, 2.45) is 5.92 Å². The minimum Gasteiger partial charge on any atom is -0.496 e. The number of likely N-dealkylation sites (tertiary alicyclic amines) is 1. The number of rotatable bonds is 6. The molecule has 0 unspecified atom stereocenters. The van der Waals surface area contributed by atoms with E-state index in [1.54, 1.807) is 18.9 Å². The predicted octanol–water partition coefficient (Wildman–Crippen LogP) is 3.43. The third-order valence-corrected chi connectivity index (χ3v) is 6.30. The maximum Gasteiger partial charge on any atom is 0.310 e. The van der Waals surface area contributed by atoms with E-state index in [4.69, 9.17) is 14.2 Å². The summed E-state index contributed by atoms with van der Waals surface area (Å²) in [5.74, 6) is 1.17. The second-order valence-electron chi connectivity index (χ2n) is 8.56. The first-order valence-corrected chi connectivity index (χ1v) is 11.6. The van der Waals surface area contributed by atoms with Crippen LogP contribution in [0, 0.1) is 5.92 Å². The van der Waals surface area contributed by atoms with Crippen LogP contribution in [-0.4, -0.2) is 61.6 Å². The van der Waals surface area contributed by atoms with Crippen molar-refractivity contribution in [2.45, 2.75) is 32.4 Å². The van der Waals surface area contributed by atoms with Crippen molar-refractivity contribution >= 4 is 11.9 Å². The van der Waals surface area contributed by atoms with E-state index >= 15 is 0 Å². The van der Waals surface area contributed by atoms with E-state index in [-0.39, 0.29) is 30.4 Å². The molecule has 0 aliphatic carbocycles. The summed E-state index contributed by atoms with van der Waals surface area (Å²) in [5.41, 5.74) is 2.00. The summed E-state index contributed by atoms with van der Waals surface area (Å²) >= 11 is 0. The maximum absolute atomic E-state index is 13.2. The summed E-state index contributed by atoms with van der Waals surface area (Å²) in [6.07, 6.45) is 1.31. The fourth-order valence-corrected chi connectivity index (χ4v) is 4.64. The van der Waals surface area contributed by atoms with Crippen molar-refractivity contribution in [1.82, 2.24) is 9.80 Å². The van der Waals surface area contributed by atoms with Crippen LogP contribution >= 0.6 is 0 Å². The molecule has 2 heterocycles. The highest BCUT2D eigenvalue weighted by Gasteiger charge is 2.32. The second kappa shape index (κ2) is 10.7. The number of benzene rings is 2. The predicted molar refractivity (Wildman–Crippen MR) is 124 cm³/mol. The van der Waals surface area contributed by atoms with Gasteiger partial charge < -0.3 is 19.1 Å². The van der Waals surface area contributed by atoms with Crippen molar-refractivity contribution in [1.29, 1.82) is 0 Å². The number of piperidine rings is 1. The zero-order valence-electron chi connectivity index (χ0n) is 19.4. The first-order chi connectivity index (χ1) is 16.1. The van der Waals surface area contributed by atoms with Crippen LogP contribution in [0.5, 0.6) is 11.5 Å². The number of carbonyl (C=O) groups is 2. The average Bonchev–Trinajstić information content (AvgIpc) is 3.03. The van der Waals surface area contributed by atoms with Crippen LogP contribution in [-0.2, 0) is 20.9 Å². The lowest BCUT2D eigenvalue weighted by molar-refractivity contribution is -0.151. The summed E-state index contributed by atoms with van der Waals surface area (Å²) in [6, 6.07) is 15.8. The summed E-state index contributed by atoms with van der Waals surface area (Å²) in [5, 5.41) is 0. The molecule has 1 amide bonds. The number of nitrogens with zero attached hydrogens (tertiary/aromatic N) is 2. The van der Waals surface area contributed by atoms with Gasteiger partial charge in [-0.25, -0.2) is 0 Å². The van der Waals surface area contributed by atoms with E-state index in [9.17, 15) is 9.59 Å². The minimum atomic E-state index is -0.272. The smallest absolute Gasteiger partial charge is 0.310 e. The van der Waals surface area contributed by atoms with Crippen LogP contribution in [0.25, 0.3) is 0 Å². The topological polar surface area (TPSA) is 68.3 Å². The number of amides is 1. The first kappa shape index (κ1) is 23.1. The van der Waals surface area contributed by atoms with Crippen molar-refractivity contribution in [2.75, 3.05) is 39.9 Å². The zero-order valence-corrected chi connectivity index (χ0v) is 19.4. The molecule has 0 aromatic heterocycles. The summed E-state index contributed by atoms with van der Waals surface area (Å²) < 4.78 is 17.2. The van der Waals surface area contributed by atoms with Crippen LogP contribution in [0.3, 0.4) is 0 Å². The highest BCUT2D eigenvalue weighted by molar-refractivity contribution is 5.80. The Bertz CT molecular complexity index is 979. The Labute approximate surface area is 195 Å². The second-order valence-corrected chi connectivity index (χ2v) is 8.56. The molecule has 0 radical (unpaired) electrons. The van der Waals surface area contributed by atoms with Crippen molar-refractivity contribution in [3.8, 4) is 11.5 Å². The number of carbonyl (C=O) groups excluding carboxylic acids is 2. The van der Waals surface area contributed by atoms with E-state index in [0.29, 0.717) is 32.8 Å². The molecule has 0 saturated carbocycles. The highest BCUT2D eigenvalue weighted by atomic mass is 16.5. The zero-order chi connectivity index (χ0) is 23.2. The molecule has 4 rings (SSSR count). The Morgan fingerprint density at radius 3 is 2.70 bits per heavy atom. The van der Waals surface area contributed by atoms with Gasteiger partial charge in [0.25, 0.3) is 0 Å². The SMILES string of the molecule is CCOC(=O)[C@H]1CCCN(C(=O)CN2Cc3ccccc3O[C@@H](c3ccccc3OC)C2)C1.